The summed E-state index contributed by atoms with van der Waals surface area (Å²) >= 11 is 13.4. The maximum atomic E-state index is 12.4. The summed E-state index contributed by atoms with van der Waals surface area (Å²) in [6.07, 6.45) is 1.75. The first-order valence-corrected chi connectivity index (χ1v) is 10.3. The first kappa shape index (κ1) is 21.2. The van der Waals surface area contributed by atoms with Gasteiger partial charge in [0.25, 0.3) is 0 Å². The fourth-order valence-electron chi connectivity index (χ4n) is 2.63. The van der Waals surface area contributed by atoms with Crippen molar-refractivity contribution in [3.63, 3.8) is 0 Å². The van der Waals surface area contributed by atoms with Crippen LogP contribution in [0.25, 0.3) is 11.4 Å². The van der Waals surface area contributed by atoms with Crippen molar-refractivity contribution in [2.24, 2.45) is 0 Å². The zero-order valence-corrected chi connectivity index (χ0v) is 17.9. The summed E-state index contributed by atoms with van der Waals surface area (Å²) in [5, 5.41) is 12.6. The van der Waals surface area contributed by atoms with Gasteiger partial charge in [-0.2, -0.15) is 0 Å². The lowest BCUT2D eigenvalue weighted by Crippen LogP contribution is -2.15. The Hall–Kier alpha value is -2.48. The Morgan fingerprint density at radius 1 is 1.24 bits per heavy atom. The molecule has 1 amide bonds. The fraction of sp³-hybridized carbons (Fsp3) is 0.150. The van der Waals surface area contributed by atoms with E-state index in [0.29, 0.717) is 39.0 Å². The molecule has 2 aromatic carbocycles. The van der Waals surface area contributed by atoms with E-state index >= 15 is 0 Å². The van der Waals surface area contributed by atoms with Gasteiger partial charge in [0.2, 0.25) is 5.91 Å². The van der Waals surface area contributed by atoms with Crippen molar-refractivity contribution >= 4 is 46.6 Å². The molecule has 6 nitrogen and oxygen atoms in total. The Bertz CT molecular complexity index is 1040. The predicted molar refractivity (Wildman–Crippen MR) is 118 cm³/mol. The normalized spacial score (nSPS) is 10.6. The third kappa shape index (κ3) is 4.93. The minimum absolute atomic E-state index is 0.129. The zero-order valence-electron chi connectivity index (χ0n) is 15.6. The number of allylic oxidation sites excluding steroid dienone is 1. The van der Waals surface area contributed by atoms with Gasteiger partial charge in [-0.05, 0) is 24.3 Å². The Labute approximate surface area is 182 Å². The predicted octanol–water partition coefficient (Wildman–Crippen LogP) is 5.18. The number of methoxy groups -OCH3 is 1. The standard InChI is InChI=1S/C20H18Cl2N4O2S/c1-3-11-26-19(13-7-4-5-10-16(13)28-2)24-25-20(26)29-12-17(27)23-15-9-6-8-14(21)18(15)22/h3-10H,1,11-12H2,2H3,(H,23,27). The van der Waals surface area contributed by atoms with E-state index < -0.39 is 0 Å². The highest BCUT2D eigenvalue weighted by Crippen LogP contribution is 2.32. The van der Waals surface area contributed by atoms with Gasteiger partial charge in [0, 0.05) is 6.54 Å². The molecule has 0 bridgehead atoms. The number of nitrogens with one attached hydrogen (secondary N) is 1. The van der Waals surface area contributed by atoms with Crippen LogP contribution < -0.4 is 10.1 Å². The smallest absolute Gasteiger partial charge is 0.234 e. The number of halogens is 2. The summed E-state index contributed by atoms with van der Waals surface area (Å²) in [5.41, 5.74) is 1.28. The number of carbonyl (C=O) groups is 1. The van der Waals surface area contributed by atoms with E-state index in [4.69, 9.17) is 27.9 Å². The molecule has 0 radical (unpaired) electrons. The average molecular weight is 449 g/mol. The molecular formula is C20H18Cl2N4O2S. The van der Waals surface area contributed by atoms with Crippen molar-refractivity contribution in [2.75, 3.05) is 18.2 Å². The van der Waals surface area contributed by atoms with Crippen LogP contribution in [0.1, 0.15) is 0 Å². The lowest BCUT2D eigenvalue weighted by Gasteiger charge is -2.11. The van der Waals surface area contributed by atoms with Gasteiger partial charge < -0.3 is 10.1 Å². The fourth-order valence-corrected chi connectivity index (χ4v) is 3.73. The number of nitrogens with zero attached hydrogens (tertiary/aromatic N) is 3. The van der Waals surface area contributed by atoms with Gasteiger partial charge in [-0.25, -0.2) is 0 Å². The van der Waals surface area contributed by atoms with Gasteiger partial charge in [0.15, 0.2) is 11.0 Å². The topological polar surface area (TPSA) is 69.0 Å². The van der Waals surface area contributed by atoms with Crippen LogP contribution in [0.4, 0.5) is 5.69 Å². The number of aromatic nitrogens is 3. The van der Waals surface area contributed by atoms with E-state index in [1.54, 1.807) is 31.4 Å². The van der Waals surface area contributed by atoms with Gasteiger partial charge in [0.1, 0.15) is 5.75 Å². The summed E-state index contributed by atoms with van der Waals surface area (Å²) in [7, 11) is 1.61. The number of rotatable bonds is 8. The molecule has 0 spiro atoms. The van der Waals surface area contributed by atoms with E-state index in [9.17, 15) is 4.79 Å². The molecule has 1 aromatic heterocycles. The molecule has 3 aromatic rings. The van der Waals surface area contributed by atoms with E-state index in [2.05, 4.69) is 22.1 Å². The van der Waals surface area contributed by atoms with Crippen molar-refractivity contribution in [1.82, 2.24) is 14.8 Å². The van der Waals surface area contributed by atoms with Crippen LogP contribution in [0, 0.1) is 0 Å². The summed E-state index contributed by atoms with van der Waals surface area (Å²) in [6.45, 7) is 4.29. The number of benzene rings is 2. The third-order valence-corrected chi connectivity index (χ3v) is 5.72. The number of anilines is 1. The number of amides is 1. The average Bonchev–Trinajstić information content (AvgIpc) is 3.12. The van der Waals surface area contributed by atoms with Crippen LogP contribution in [0.15, 0.2) is 60.3 Å². The second-order valence-electron chi connectivity index (χ2n) is 5.84. The monoisotopic (exact) mass is 448 g/mol. The molecular weight excluding hydrogens is 431 g/mol. The third-order valence-electron chi connectivity index (χ3n) is 3.93. The SMILES string of the molecule is C=CCn1c(SCC(=O)Nc2cccc(Cl)c2Cl)nnc1-c1ccccc1OC. The van der Waals surface area contributed by atoms with Crippen molar-refractivity contribution in [1.29, 1.82) is 0 Å². The van der Waals surface area contributed by atoms with Crippen LogP contribution in [0.2, 0.25) is 10.0 Å². The van der Waals surface area contributed by atoms with E-state index in [0.717, 1.165) is 5.56 Å². The summed E-state index contributed by atoms with van der Waals surface area (Å²) < 4.78 is 7.31. The van der Waals surface area contributed by atoms with Crippen molar-refractivity contribution in [3.8, 4) is 17.1 Å². The highest BCUT2D eigenvalue weighted by molar-refractivity contribution is 7.99. The van der Waals surface area contributed by atoms with E-state index in [1.807, 2.05) is 28.8 Å². The molecule has 0 aliphatic carbocycles. The van der Waals surface area contributed by atoms with Gasteiger partial charge in [-0.1, -0.05) is 59.2 Å². The quantitative estimate of drug-likeness (QED) is 0.379. The van der Waals surface area contributed by atoms with Crippen molar-refractivity contribution in [2.45, 2.75) is 11.7 Å². The molecule has 1 N–H and O–H groups in total. The summed E-state index contributed by atoms with van der Waals surface area (Å²) in [4.78, 5) is 12.4. The second-order valence-corrected chi connectivity index (χ2v) is 7.57. The zero-order chi connectivity index (χ0) is 20.8. The minimum Gasteiger partial charge on any atom is -0.496 e. The van der Waals surface area contributed by atoms with Gasteiger partial charge in [-0.15, -0.1) is 16.8 Å². The summed E-state index contributed by atoms with van der Waals surface area (Å²) in [5.74, 6) is 1.23. The molecule has 0 aliphatic rings. The molecule has 0 atom stereocenters. The number of hydrogen-bond acceptors (Lipinski definition) is 5. The number of thioether (sulfide) groups is 1. The van der Waals surface area contributed by atoms with E-state index in [-0.39, 0.29) is 11.7 Å². The molecule has 0 fully saturated rings. The highest BCUT2D eigenvalue weighted by atomic mass is 35.5. The largest absolute Gasteiger partial charge is 0.496 e. The molecule has 9 heteroatoms. The Morgan fingerprint density at radius 2 is 2.03 bits per heavy atom. The van der Waals surface area contributed by atoms with Crippen molar-refractivity contribution < 1.29 is 9.53 Å². The Kier molecular flexibility index (Phi) is 7.19. The highest BCUT2D eigenvalue weighted by Gasteiger charge is 2.18. The van der Waals surface area contributed by atoms with Gasteiger partial charge in [0.05, 0.1) is 34.2 Å². The Morgan fingerprint density at radius 3 is 2.79 bits per heavy atom. The van der Waals surface area contributed by atoms with Crippen LogP contribution in [0.3, 0.4) is 0 Å². The van der Waals surface area contributed by atoms with Gasteiger partial charge >= 0.3 is 0 Å². The molecule has 1 heterocycles. The molecule has 0 unspecified atom stereocenters. The number of ether oxygens (including phenoxy) is 1. The van der Waals surface area contributed by atoms with E-state index in [1.165, 1.54) is 11.8 Å². The lowest BCUT2D eigenvalue weighted by molar-refractivity contribution is -0.113. The number of para-hydroxylation sites is 1. The van der Waals surface area contributed by atoms with Crippen molar-refractivity contribution in [3.05, 3.63) is 65.2 Å². The summed E-state index contributed by atoms with van der Waals surface area (Å²) in [6, 6.07) is 12.6. The first-order valence-electron chi connectivity index (χ1n) is 8.59. The van der Waals surface area contributed by atoms with Crippen LogP contribution in [-0.2, 0) is 11.3 Å². The van der Waals surface area contributed by atoms with Crippen LogP contribution >= 0.6 is 35.0 Å². The first-order chi connectivity index (χ1) is 14.0. The molecule has 0 aliphatic heterocycles. The molecule has 0 saturated heterocycles. The maximum Gasteiger partial charge on any atom is 0.234 e. The lowest BCUT2D eigenvalue weighted by atomic mass is 10.2. The molecule has 150 valence electrons. The Balaban J connectivity index is 1.77. The number of hydrogen-bond donors (Lipinski definition) is 1. The van der Waals surface area contributed by atoms with Gasteiger partial charge in [-0.3, -0.25) is 9.36 Å². The second kappa shape index (κ2) is 9.82. The maximum absolute atomic E-state index is 12.4. The number of carbonyl (C=O) groups excluding carboxylic acids is 1. The molecule has 3 rings (SSSR count). The molecule has 29 heavy (non-hydrogen) atoms. The molecule has 0 saturated carbocycles. The van der Waals surface area contributed by atoms with Crippen LogP contribution in [0.5, 0.6) is 5.75 Å². The van der Waals surface area contributed by atoms with Crippen LogP contribution in [-0.4, -0.2) is 33.5 Å². The minimum atomic E-state index is -0.230.